The zero-order valence-corrected chi connectivity index (χ0v) is 20.6. The van der Waals surface area contributed by atoms with Crippen LogP contribution in [0.15, 0.2) is 53.4 Å². The first-order valence-corrected chi connectivity index (χ1v) is 12.2. The average Bonchev–Trinajstić information content (AvgIpc) is 3.65. The number of H-pyrrole nitrogens is 1. The molecule has 1 fully saturated rings. The van der Waals surface area contributed by atoms with Crippen LogP contribution in [-0.4, -0.2) is 54.2 Å². The predicted molar refractivity (Wildman–Crippen MR) is 136 cm³/mol. The summed E-state index contributed by atoms with van der Waals surface area (Å²) in [6, 6.07) is 11.0. The second-order valence-electron chi connectivity index (χ2n) is 8.33. The molecular formula is C26H21N3O7S. The Bertz CT molecular complexity index is 1530. The molecule has 10 nitrogen and oxygen atoms in total. The van der Waals surface area contributed by atoms with Gasteiger partial charge < -0.3 is 29.0 Å². The van der Waals surface area contributed by atoms with Crippen molar-refractivity contribution in [3.63, 3.8) is 0 Å². The van der Waals surface area contributed by atoms with E-state index in [0.29, 0.717) is 57.7 Å². The first-order valence-electron chi connectivity index (χ1n) is 11.4. The fourth-order valence-electron chi connectivity index (χ4n) is 4.55. The molecule has 0 bridgehead atoms. The molecular weight excluding hydrogens is 498 g/mol. The van der Waals surface area contributed by atoms with E-state index in [1.807, 2.05) is 11.4 Å². The number of aliphatic hydroxyl groups is 1. The minimum atomic E-state index is -0.891. The molecule has 1 atom stereocenters. The van der Waals surface area contributed by atoms with E-state index in [-0.39, 0.29) is 17.3 Å². The number of fused-ring (bicyclic) bond motifs is 2. The first-order chi connectivity index (χ1) is 18.0. The van der Waals surface area contributed by atoms with Crippen LogP contribution in [0.4, 0.5) is 5.95 Å². The maximum Gasteiger partial charge on any atom is 0.302 e. The van der Waals surface area contributed by atoms with Gasteiger partial charge in [-0.3, -0.25) is 14.5 Å². The minimum Gasteiger partial charge on any atom is -0.507 e. The zero-order valence-electron chi connectivity index (χ0n) is 19.8. The maximum absolute atomic E-state index is 13.4. The smallest absolute Gasteiger partial charge is 0.302 e. The number of aliphatic hydroxyl groups excluding tert-OH is 1. The van der Waals surface area contributed by atoms with Gasteiger partial charge in [0.15, 0.2) is 23.0 Å². The lowest BCUT2D eigenvalue weighted by molar-refractivity contribution is -0.132. The average molecular weight is 520 g/mol. The number of carbonyl (C=O) groups is 2. The number of methoxy groups -OCH3 is 2. The third-order valence-corrected chi connectivity index (χ3v) is 7.20. The van der Waals surface area contributed by atoms with E-state index in [1.165, 1.54) is 30.5 Å². The lowest BCUT2D eigenvalue weighted by Crippen LogP contribution is -2.30. The van der Waals surface area contributed by atoms with Crippen LogP contribution in [0.2, 0.25) is 0 Å². The molecule has 37 heavy (non-hydrogen) atoms. The Morgan fingerprint density at radius 1 is 1.08 bits per heavy atom. The number of rotatable bonds is 5. The Labute approximate surface area is 214 Å². The highest BCUT2D eigenvalue weighted by atomic mass is 32.1. The summed E-state index contributed by atoms with van der Waals surface area (Å²) in [5.74, 6) is 0.187. The molecule has 2 N–H and O–H groups in total. The second-order valence-corrected chi connectivity index (χ2v) is 9.31. The van der Waals surface area contributed by atoms with Crippen LogP contribution in [0.25, 0.3) is 16.8 Å². The Morgan fingerprint density at radius 3 is 2.57 bits per heavy atom. The number of ketones is 1. The molecule has 1 unspecified atom stereocenters. The van der Waals surface area contributed by atoms with Gasteiger partial charge in [0.25, 0.3) is 5.78 Å². The van der Waals surface area contributed by atoms with Crippen LogP contribution in [0.5, 0.6) is 23.0 Å². The summed E-state index contributed by atoms with van der Waals surface area (Å²) < 4.78 is 21.9. The standard InChI is InChI=1S/C26H21N3O7S/c1-33-17-11-14-15(12-18(17)34-2)28-26(27-14)29-22(20-4-3-9-37-20)21(24(31)25(29)32)23(30)13-5-6-16-19(10-13)36-8-7-35-16/h3-6,9-12,22,30H,7-8H2,1-2H3,(H,27,28)/b23-21+. The second kappa shape index (κ2) is 8.86. The lowest BCUT2D eigenvalue weighted by Gasteiger charge is -2.22. The molecule has 1 amide bonds. The van der Waals surface area contributed by atoms with Crippen molar-refractivity contribution in [3.05, 3.63) is 63.9 Å². The Hall–Kier alpha value is -4.51. The summed E-state index contributed by atoms with van der Waals surface area (Å²) in [4.78, 5) is 36.4. The number of nitrogens with one attached hydrogen (secondary N) is 1. The summed E-state index contributed by atoms with van der Waals surface area (Å²) in [7, 11) is 3.04. The van der Waals surface area contributed by atoms with Gasteiger partial charge in [-0.2, -0.15) is 0 Å². The highest BCUT2D eigenvalue weighted by molar-refractivity contribution is 7.10. The lowest BCUT2D eigenvalue weighted by atomic mass is 9.99. The van der Waals surface area contributed by atoms with Gasteiger partial charge in [-0.15, -0.1) is 11.3 Å². The van der Waals surface area contributed by atoms with Gasteiger partial charge in [-0.05, 0) is 29.6 Å². The summed E-state index contributed by atoms with van der Waals surface area (Å²) in [5, 5.41) is 13.2. The number of imidazole rings is 1. The molecule has 2 aliphatic heterocycles. The topological polar surface area (TPSA) is 123 Å². The van der Waals surface area contributed by atoms with Crippen LogP contribution >= 0.6 is 11.3 Å². The number of hydrogen-bond donors (Lipinski definition) is 2. The maximum atomic E-state index is 13.4. The molecule has 4 heterocycles. The van der Waals surface area contributed by atoms with Crippen molar-refractivity contribution in [2.24, 2.45) is 0 Å². The van der Waals surface area contributed by atoms with Gasteiger partial charge in [0, 0.05) is 22.6 Å². The van der Waals surface area contributed by atoms with Crippen molar-refractivity contribution in [2.45, 2.75) is 6.04 Å². The number of carbonyl (C=O) groups excluding carboxylic acids is 2. The summed E-state index contributed by atoms with van der Waals surface area (Å²) in [6.45, 7) is 0.801. The van der Waals surface area contributed by atoms with E-state index in [0.717, 1.165) is 0 Å². The summed E-state index contributed by atoms with van der Waals surface area (Å²) >= 11 is 1.36. The molecule has 0 aliphatic carbocycles. The number of Topliss-reactive ketones (excluding diaryl/α,β-unsaturated/α-hetero) is 1. The number of benzene rings is 2. The number of hydrogen-bond acceptors (Lipinski definition) is 9. The molecule has 0 saturated carbocycles. The number of aromatic amines is 1. The summed E-state index contributed by atoms with van der Waals surface area (Å²) in [5.41, 5.74) is 1.40. The predicted octanol–water partition coefficient (Wildman–Crippen LogP) is 4.04. The molecule has 2 aromatic heterocycles. The molecule has 11 heteroatoms. The van der Waals surface area contributed by atoms with Crippen LogP contribution in [-0.2, 0) is 9.59 Å². The van der Waals surface area contributed by atoms with Gasteiger partial charge >= 0.3 is 5.91 Å². The van der Waals surface area contributed by atoms with Crippen LogP contribution in [0.3, 0.4) is 0 Å². The summed E-state index contributed by atoms with van der Waals surface area (Å²) in [6.07, 6.45) is 0. The fraction of sp³-hybridized carbons (Fsp3) is 0.192. The van der Waals surface area contributed by atoms with Crippen molar-refractivity contribution in [1.82, 2.24) is 9.97 Å². The largest absolute Gasteiger partial charge is 0.507 e. The first kappa shape index (κ1) is 22.9. The van der Waals surface area contributed by atoms with Gasteiger partial charge in [0.05, 0.1) is 30.8 Å². The van der Waals surface area contributed by atoms with Crippen molar-refractivity contribution in [2.75, 3.05) is 32.3 Å². The number of thiophene rings is 1. The van der Waals surface area contributed by atoms with E-state index in [2.05, 4.69) is 9.97 Å². The van der Waals surface area contributed by atoms with Gasteiger partial charge in [0.1, 0.15) is 25.0 Å². The van der Waals surface area contributed by atoms with Crippen LogP contribution < -0.4 is 23.8 Å². The molecule has 2 aliphatic rings. The van der Waals surface area contributed by atoms with E-state index in [4.69, 9.17) is 18.9 Å². The van der Waals surface area contributed by atoms with Crippen molar-refractivity contribution >= 4 is 45.8 Å². The number of ether oxygens (including phenoxy) is 4. The quantitative estimate of drug-likeness (QED) is 0.230. The van der Waals surface area contributed by atoms with Crippen molar-refractivity contribution < 1.29 is 33.6 Å². The minimum absolute atomic E-state index is 0.0419. The number of aromatic nitrogens is 2. The molecule has 4 aromatic rings. The highest BCUT2D eigenvalue weighted by Gasteiger charge is 2.48. The third-order valence-electron chi connectivity index (χ3n) is 6.28. The normalized spacial score (nSPS) is 18.4. The van der Waals surface area contributed by atoms with Gasteiger partial charge in [0.2, 0.25) is 5.95 Å². The molecule has 0 spiro atoms. The van der Waals surface area contributed by atoms with Crippen molar-refractivity contribution in [3.8, 4) is 23.0 Å². The number of anilines is 1. The van der Waals surface area contributed by atoms with Gasteiger partial charge in [-0.1, -0.05) is 6.07 Å². The number of nitrogens with zero attached hydrogens (tertiary/aromatic N) is 2. The monoisotopic (exact) mass is 519 g/mol. The molecule has 2 aromatic carbocycles. The number of amides is 1. The van der Waals surface area contributed by atoms with E-state index < -0.39 is 17.7 Å². The zero-order chi connectivity index (χ0) is 25.7. The third kappa shape index (κ3) is 3.66. The SMILES string of the molecule is COc1cc2nc(N3C(=O)C(=O)/C(=C(/O)c4ccc5c(c4)OCCO5)C3c3cccs3)[nH]c2cc1OC. The highest BCUT2D eigenvalue weighted by Crippen LogP contribution is 2.44. The molecule has 188 valence electrons. The molecule has 1 saturated heterocycles. The fourth-order valence-corrected chi connectivity index (χ4v) is 5.37. The molecule has 6 rings (SSSR count). The van der Waals surface area contributed by atoms with E-state index in [1.54, 1.807) is 36.4 Å². The van der Waals surface area contributed by atoms with Crippen LogP contribution in [0, 0.1) is 0 Å². The van der Waals surface area contributed by atoms with E-state index in [9.17, 15) is 14.7 Å². The van der Waals surface area contributed by atoms with Gasteiger partial charge in [-0.25, -0.2) is 4.98 Å². The molecule has 0 radical (unpaired) electrons. The van der Waals surface area contributed by atoms with Crippen LogP contribution in [0.1, 0.15) is 16.5 Å². The Kier molecular flexibility index (Phi) is 5.49. The van der Waals surface area contributed by atoms with Crippen molar-refractivity contribution in [1.29, 1.82) is 0 Å². The Morgan fingerprint density at radius 2 is 1.84 bits per heavy atom. The van der Waals surface area contributed by atoms with E-state index >= 15 is 0 Å². The Balaban J connectivity index is 1.50.